The Kier molecular flexibility index (Phi) is 7.10. The van der Waals surface area contributed by atoms with Crippen LogP contribution in [-0.4, -0.2) is 54.4 Å². The number of likely N-dealkylation sites (tertiary alicyclic amines) is 1. The van der Waals surface area contributed by atoms with E-state index in [4.69, 9.17) is 25.8 Å². The smallest absolute Gasteiger partial charge is 0.227 e. The van der Waals surface area contributed by atoms with Crippen LogP contribution in [0.1, 0.15) is 19.3 Å². The predicted molar refractivity (Wildman–Crippen MR) is 123 cm³/mol. The summed E-state index contributed by atoms with van der Waals surface area (Å²) in [6, 6.07) is 8.14. The summed E-state index contributed by atoms with van der Waals surface area (Å²) in [6.45, 7) is 0.992. The molecule has 1 amide bonds. The minimum atomic E-state index is -0.572. The van der Waals surface area contributed by atoms with Gasteiger partial charge in [0.2, 0.25) is 5.91 Å². The van der Waals surface area contributed by atoms with Crippen molar-refractivity contribution in [3.05, 3.63) is 47.5 Å². The monoisotopic (exact) mass is 474 g/mol. The van der Waals surface area contributed by atoms with Crippen molar-refractivity contribution in [2.24, 2.45) is 0 Å². The molecule has 10 heteroatoms. The molecule has 1 atom stereocenters. The van der Waals surface area contributed by atoms with E-state index in [0.29, 0.717) is 54.2 Å². The number of benzene rings is 2. The molecule has 33 heavy (non-hydrogen) atoms. The largest absolute Gasteiger partial charge is 0.493 e. The van der Waals surface area contributed by atoms with Crippen molar-refractivity contribution in [3.8, 4) is 11.5 Å². The van der Waals surface area contributed by atoms with Crippen molar-refractivity contribution < 1.29 is 23.4 Å². The number of ether oxygens (including phenoxy) is 3. The highest BCUT2D eigenvalue weighted by atomic mass is 35.5. The van der Waals surface area contributed by atoms with Crippen molar-refractivity contribution in [2.75, 3.05) is 32.7 Å². The maximum atomic E-state index is 14.4. The van der Waals surface area contributed by atoms with Crippen LogP contribution in [0.25, 0.3) is 10.9 Å². The zero-order chi connectivity index (χ0) is 23.4. The SMILES string of the molecule is COCCC(=O)N1CCCC1Oc1cc2ncnc(Nc3cccc(Cl)c3F)c2cc1OC. The maximum absolute atomic E-state index is 14.4. The highest BCUT2D eigenvalue weighted by Gasteiger charge is 2.31. The summed E-state index contributed by atoms with van der Waals surface area (Å²) in [4.78, 5) is 22.8. The number of carbonyl (C=O) groups excluding carboxylic acids is 1. The molecule has 2 heterocycles. The molecule has 1 aliphatic heterocycles. The highest BCUT2D eigenvalue weighted by Crippen LogP contribution is 2.37. The van der Waals surface area contributed by atoms with E-state index in [9.17, 15) is 9.18 Å². The Labute approximate surface area is 195 Å². The van der Waals surface area contributed by atoms with Crippen LogP contribution in [0.3, 0.4) is 0 Å². The first-order valence-corrected chi connectivity index (χ1v) is 10.9. The molecule has 1 unspecified atom stereocenters. The van der Waals surface area contributed by atoms with E-state index in [1.807, 2.05) is 0 Å². The quantitative estimate of drug-likeness (QED) is 0.513. The molecule has 1 aromatic heterocycles. The number of nitrogens with one attached hydrogen (secondary N) is 1. The molecule has 1 saturated heterocycles. The predicted octanol–water partition coefficient (Wildman–Crippen LogP) is 4.54. The van der Waals surface area contributed by atoms with E-state index < -0.39 is 12.0 Å². The van der Waals surface area contributed by atoms with E-state index in [1.54, 1.807) is 36.3 Å². The molecule has 1 aliphatic rings. The fraction of sp³-hybridized carbons (Fsp3) is 0.348. The average Bonchev–Trinajstić information content (AvgIpc) is 3.28. The number of aromatic nitrogens is 2. The van der Waals surface area contributed by atoms with Gasteiger partial charge in [-0.1, -0.05) is 17.7 Å². The van der Waals surface area contributed by atoms with Gasteiger partial charge in [0, 0.05) is 31.5 Å². The van der Waals surface area contributed by atoms with Crippen LogP contribution in [0, 0.1) is 5.82 Å². The van der Waals surface area contributed by atoms with Gasteiger partial charge in [0.05, 0.1) is 36.4 Å². The van der Waals surface area contributed by atoms with Gasteiger partial charge in [-0.25, -0.2) is 14.4 Å². The summed E-state index contributed by atoms with van der Waals surface area (Å²) in [5.74, 6) is 0.708. The first kappa shape index (κ1) is 23.0. The van der Waals surface area contributed by atoms with E-state index in [-0.39, 0.29) is 16.6 Å². The Bertz CT molecular complexity index is 1160. The lowest BCUT2D eigenvalue weighted by atomic mass is 10.2. The molecule has 0 aliphatic carbocycles. The van der Waals surface area contributed by atoms with Gasteiger partial charge >= 0.3 is 0 Å². The second-order valence-electron chi connectivity index (χ2n) is 7.51. The fourth-order valence-corrected chi connectivity index (χ4v) is 3.94. The summed E-state index contributed by atoms with van der Waals surface area (Å²) >= 11 is 5.89. The van der Waals surface area contributed by atoms with Gasteiger partial charge < -0.3 is 24.4 Å². The van der Waals surface area contributed by atoms with Crippen molar-refractivity contribution in [1.82, 2.24) is 14.9 Å². The Morgan fingerprint density at radius 1 is 1.27 bits per heavy atom. The standard InChI is InChI=1S/C23H24ClFN4O4/c1-31-10-8-20(30)29-9-4-7-21(29)33-19-12-17-14(11-18(19)32-2)23(27-13-26-17)28-16-6-3-5-15(24)22(16)25/h3,5-6,11-13,21H,4,7-10H2,1-2H3,(H,26,27,28). The van der Waals surface area contributed by atoms with Crippen LogP contribution < -0.4 is 14.8 Å². The van der Waals surface area contributed by atoms with E-state index in [0.717, 1.165) is 6.42 Å². The summed E-state index contributed by atoms with van der Waals surface area (Å²) in [5, 5.41) is 3.59. The minimum Gasteiger partial charge on any atom is -0.493 e. The number of halogens is 2. The average molecular weight is 475 g/mol. The molecular weight excluding hydrogens is 451 g/mol. The van der Waals surface area contributed by atoms with E-state index in [1.165, 1.54) is 19.5 Å². The number of methoxy groups -OCH3 is 2. The van der Waals surface area contributed by atoms with E-state index in [2.05, 4.69) is 15.3 Å². The van der Waals surface area contributed by atoms with Gasteiger partial charge in [-0.3, -0.25) is 4.79 Å². The molecule has 3 aromatic rings. The lowest BCUT2D eigenvalue weighted by molar-refractivity contribution is -0.137. The molecule has 8 nitrogen and oxygen atoms in total. The third-order valence-corrected chi connectivity index (χ3v) is 5.72. The molecule has 0 radical (unpaired) electrons. The maximum Gasteiger partial charge on any atom is 0.227 e. The van der Waals surface area contributed by atoms with Crippen LogP contribution in [0.4, 0.5) is 15.9 Å². The van der Waals surface area contributed by atoms with Crippen molar-refractivity contribution >= 4 is 39.9 Å². The number of carbonyl (C=O) groups is 1. The zero-order valence-electron chi connectivity index (χ0n) is 18.3. The second kappa shape index (κ2) is 10.2. The van der Waals surface area contributed by atoms with Gasteiger partial charge in [0.25, 0.3) is 0 Å². The van der Waals surface area contributed by atoms with Crippen molar-refractivity contribution in [3.63, 3.8) is 0 Å². The first-order valence-electron chi connectivity index (χ1n) is 10.5. The Morgan fingerprint density at radius 2 is 2.12 bits per heavy atom. The lowest BCUT2D eigenvalue weighted by Crippen LogP contribution is -2.39. The molecule has 1 N–H and O–H groups in total. The van der Waals surface area contributed by atoms with Crippen LogP contribution in [-0.2, 0) is 9.53 Å². The van der Waals surface area contributed by atoms with Gasteiger partial charge in [-0.2, -0.15) is 0 Å². The van der Waals surface area contributed by atoms with Crippen LogP contribution >= 0.6 is 11.6 Å². The minimum absolute atomic E-state index is 0.00722. The summed E-state index contributed by atoms with van der Waals surface area (Å²) in [5.41, 5.74) is 0.763. The topological polar surface area (TPSA) is 85.8 Å². The molecule has 0 saturated carbocycles. The number of hydrogen-bond acceptors (Lipinski definition) is 7. The van der Waals surface area contributed by atoms with Crippen molar-refractivity contribution in [1.29, 1.82) is 0 Å². The summed E-state index contributed by atoms with van der Waals surface area (Å²) in [6.07, 6.45) is 2.83. The molecule has 0 spiro atoms. The Hall–Kier alpha value is -3.17. The molecule has 1 fully saturated rings. The third kappa shape index (κ3) is 4.94. The van der Waals surface area contributed by atoms with Crippen LogP contribution in [0.15, 0.2) is 36.7 Å². The number of hydrogen-bond donors (Lipinski definition) is 1. The third-order valence-electron chi connectivity index (χ3n) is 5.43. The summed E-state index contributed by atoms with van der Waals surface area (Å²) < 4.78 is 31.1. The molecule has 0 bridgehead atoms. The number of amides is 1. The highest BCUT2D eigenvalue weighted by molar-refractivity contribution is 6.31. The summed E-state index contributed by atoms with van der Waals surface area (Å²) in [7, 11) is 3.09. The molecule has 4 rings (SSSR count). The normalized spacial score (nSPS) is 15.6. The molecular formula is C23H24ClFN4O4. The first-order chi connectivity index (χ1) is 16.0. The second-order valence-corrected chi connectivity index (χ2v) is 7.92. The van der Waals surface area contributed by atoms with Crippen molar-refractivity contribution in [2.45, 2.75) is 25.5 Å². The number of fused-ring (bicyclic) bond motifs is 1. The van der Waals surface area contributed by atoms with Crippen LogP contribution in [0.5, 0.6) is 11.5 Å². The zero-order valence-corrected chi connectivity index (χ0v) is 19.1. The molecule has 174 valence electrons. The Morgan fingerprint density at radius 3 is 2.91 bits per heavy atom. The van der Waals surface area contributed by atoms with Gasteiger partial charge in [-0.15, -0.1) is 0 Å². The Balaban J connectivity index is 1.63. The molecule has 2 aromatic carbocycles. The van der Waals surface area contributed by atoms with Crippen LogP contribution in [0.2, 0.25) is 5.02 Å². The lowest BCUT2D eigenvalue weighted by Gasteiger charge is -2.26. The van der Waals surface area contributed by atoms with Gasteiger partial charge in [-0.05, 0) is 24.6 Å². The fourth-order valence-electron chi connectivity index (χ4n) is 3.77. The number of rotatable bonds is 8. The van der Waals surface area contributed by atoms with Gasteiger partial charge in [0.1, 0.15) is 12.1 Å². The van der Waals surface area contributed by atoms with E-state index >= 15 is 0 Å². The number of nitrogens with zero attached hydrogens (tertiary/aromatic N) is 3. The van der Waals surface area contributed by atoms with Gasteiger partial charge in [0.15, 0.2) is 23.5 Å². The number of anilines is 2.